The number of benzene rings is 1. The monoisotopic (exact) mass is 542 g/mol. The molecule has 0 unspecified atom stereocenters. The molecular formula is C21H22ClF3N8O4. The van der Waals surface area contributed by atoms with Gasteiger partial charge in [-0.25, -0.2) is 9.97 Å². The molecule has 198 valence electrons. The maximum atomic E-state index is 12.6. The number of guanidine groups is 1. The van der Waals surface area contributed by atoms with Crippen molar-refractivity contribution < 1.29 is 32.2 Å². The summed E-state index contributed by atoms with van der Waals surface area (Å²) in [6, 6.07) is 4.77. The van der Waals surface area contributed by atoms with Gasteiger partial charge in [0.1, 0.15) is 11.5 Å². The first-order valence-electron chi connectivity index (χ1n) is 10.9. The molecule has 0 radical (unpaired) electrons. The summed E-state index contributed by atoms with van der Waals surface area (Å²) in [6.07, 6.45) is -3.68. The summed E-state index contributed by atoms with van der Waals surface area (Å²) in [4.78, 5) is 38.7. The molecule has 0 atom stereocenters. The summed E-state index contributed by atoms with van der Waals surface area (Å²) in [5.41, 5.74) is 10.6. The summed E-state index contributed by atoms with van der Waals surface area (Å²) in [6.45, 7) is 0.939. The molecule has 1 spiro atoms. The van der Waals surface area contributed by atoms with Crippen LogP contribution in [0.15, 0.2) is 29.3 Å². The number of piperidine rings is 1. The van der Waals surface area contributed by atoms with Gasteiger partial charge in [0.15, 0.2) is 35.0 Å². The van der Waals surface area contributed by atoms with Crippen LogP contribution in [0.2, 0.25) is 5.15 Å². The van der Waals surface area contributed by atoms with Crippen molar-refractivity contribution in [3.8, 4) is 11.5 Å². The van der Waals surface area contributed by atoms with Gasteiger partial charge >= 0.3 is 6.36 Å². The molecule has 12 nitrogen and oxygen atoms in total. The zero-order valence-corrected chi connectivity index (χ0v) is 19.9. The van der Waals surface area contributed by atoms with Gasteiger partial charge in [0, 0.05) is 13.1 Å². The highest BCUT2D eigenvalue weighted by atomic mass is 35.5. The fourth-order valence-corrected chi connectivity index (χ4v) is 3.97. The van der Waals surface area contributed by atoms with E-state index in [9.17, 15) is 22.8 Å². The molecule has 1 aromatic heterocycles. The van der Waals surface area contributed by atoms with Crippen LogP contribution in [0, 0.1) is 0 Å². The molecular weight excluding hydrogens is 521 g/mol. The number of likely N-dealkylation sites (tertiary alicyclic amines) is 1. The summed E-state index contributed by atoms with van der Waals surface area (Å²) in [5.74, 6) is -1.11. The third-order valence-electron chi connectivity index (χ3n) is 5.77. The summed E-state index contributed by atoms with van der Waals surface area (Å²) in [7, 11) is 0. The minimum absolute atomic E-state index is 0.0915. The molecule has 37 heavy (non-hydrogen) atoms. The molecule has 3 heterocycles. The standard InChI is InChI=1S/C21H22ClF3N8O4/c22-15-17(27)30-16(26)14(29-15)18(35)31-19-28-10-20(32-19)5-7-33(8-6-20)13(34)9-36-11-1-3-12(4-2-11)37-21(23,24)25/h1-4H,5-10H2,(H4,26,27,30)(H2,28,31,32,35). The number of carbonyl (C=O) groups is 2. The Bertz CT molecular complexity index is 1220. The lowest BCUT2D eigenvalue weighted by molar-refractivity contribution is -0.274. The Morgan fingerprint density at radius 2 is 1.76 bits per heavy atom. The van der Waals surface area contributed by atoms with Crippen molar-refractivity contribution in [1.29, 1.82) is 0 Å². The smallest absolute Gasteiger partial charge is 0.484 e. The van der Waals surface area contributed by atoms with Crippen LogP contribution >= 0.6 is 11.6 Å². The van der Waals surface area contributed by atoms with E-state index in [1.165, 1.54) is 12.1 Å². The number of nitrogen functional groups attached to an aromatic ring is 2. The summed E-state index contributed by atoms with van der Waals surface area (Å²) < 4.78 is 45.9. The van der Waals surface area contributed by atoms with Crippen molar-refractivity contribution in [1.82, 2.24) is 25.5 Å². The molecule has 1 saturated heterocycles. The van der Waals surface area contributed by atoms with E-state index in [4.69, 9.17) is 27.8 Å². The molecule has 1 aromatic carbocycles. The van der Waals surface area contributed by atoms with Crippen LogP contribution in [-0.4, -0.2) is 70.8 Å². The predicted octanol–water partition coefficient (Wildman–Crippen LogP) is 1.32. The Morgan fingerprint density at radius 1 is 1.11 bits per heavy atom. The number of ether oxygens (including phenoxy) is 2. The summed E-state index contributed by atoms with van der Waals surface area (Å²) >= 11 is 5.82. The minimum atomic E-state index is -4.79. The number of nitrogens with one attached hydrogen (secondary N) is 2. The zero-order valence-electron chi connectivity index (χ0n) is 19.1. The van der Waals surface area contributed by atoms with Crippen molar-refractivity contribution in [2.45, 2.75) is 24.7 Å². The van der Waals surface area contributed by atoms with Gasteiger partial charge < -0.3 is 31.2 Å². The lowest BCUT2D eigenvalue weighted by Crippen LogP contribution is -2.57. The Hall–Kier alpha value is -4.01. The van der Waals surface area contributed by atoms with Crippen molar-refractivity contribution in [3.05, 3.63) is 35.1 Å². The second kappa shape index (κ2) is 10.2. The fraction of sp³-hybridized carbons (Fsp3) is 0.381. The topological polar surface area (TPSA) is 170 Å². The molecule has 2 amide bonds. The molecule has 1 fully saturated rings. The SMILES string of the molecule is Nc1nc(N)c(C(=O)NC2=NCC3(CCN(C(=O)COc4ccc(OC(F)(F)F)cc4)CC3)N2)nc1Cl. The number of carbonyl (C=O) groups excluding carboxylic acids is 2. The van der Waals surface area contributed by atoms with Crippen LogP contribution in [0.25, 0.3) is 0 Å². The molecule has 0 saturated carbocycles. The van der Waals surface area contributed by atoms with Crippen LogP contribution in [0.4, 0.5) is 24.8 Å². The first kappa shape index (κ1) is 26.1. The molecule has 0 bridgehead atoms. The van der Waals surface area contributed by atoms with Gasteiger partial charge in [-0.05, 0) is 37.1 Å². The molecule has 4 rings (SSSR count). The van der Waals surface area contributed by atoms with Crippen LogP contribution in [0.1, 0.15) is 23.3 Å². The Kier molecular flexibility index (Phi) is 7.16. The van der Waals surface area contributed by atoms with E-state index in [1.54, 1.807) is 4.90 Å². The van der Waals surface area contributed by atoms with Crippen molar-refractivity contribution >= 4 is 41.0 Å². The number of hydrogen-bond acceptors (Lipinski definition) is 10. The molecule has 6 N–H and O–H groups in total. The van der Waals surface area contributed by atoms with Gasteiger partial charge in [-0.2, -0.15) is 0 Å². The number of halogens is 4. The largest absolute Gasteiger partial charge is 0.573 e. The van der Waals surface area contributed by atoms with Crippen molar-refractivity contribution in [2.75, 3.05) is 37.7 Å². The highest BCUT2D eigenvalue weighted by Gasteiger charge is 2.40. The van der Waals surface area contributed by atoms with E-state index in [0.717, 1.165) is 12.1 Å². The highest BCUT2D eigenvalue weighted by molar-refractivity contribution is 6.31. The third kappa shape index (κ3) is 6.41. The van der Waals surface area contributed by atoms with E-state index in [0.29, 0.717) is 32.5 Å². The first-order valence-corrected chi connectivity index (χ1v) is 11.3. The number of rotatable bonds is 5. The third-order valence-corrected chi connectivity index (χ3v) is 6.05. The maximum Gasteiger partial charge on any atom is 0.573 e. The fourth-order valence-electron chi connectivity index (χ4n) is 3.85. The van der Waals surface area contributed by atoms with Gasteiger partial charge in [-0.3, -0.25) is 19.9 Å². The van der Waals surface area contributed by atoms with E-state index in [2.05, 4.69) is 30.3 Å². The number of hydrogen-bond donors (Lipinski definition) is 4. The van der Waals surface area contributed by atoms with Gasteiger partial charge in [0.2, 0.25) is 0 Å². The van der Waals surface area contributed by atoms with Gasteiger partial charge in [0.25, 0.3) is 11.8 Å². The number of aromatic nitrogens is 2. The molecule has 2 aliphatic heterocycles. The number of amides is 2. The maximum absolute atomic E-state index is 12.6. The quantitative estimate of drug-likeness (QED) is 0.435. The highest BCUT2D eigenvalue weighted by Crippen LogP contribution is 2.27. The van der Waals surface area contributed by atoms with Gasteiger partial charge in [-0.1, -0.05) is 11.6 Å². The molecule has 2 aliphatic rings. The van der Waals surface area contributed by atoms with Gasteiger partial charge in [0.05, 0.1) is 12.1 Å². The second-order valence-corrected chi connectivity index (χ2v) is 8.70. The zero-order chi connectivity index (χ0) is 26.8. The molecule has 0 aliphatic carbocycles. The Labute approximate surface area is 213 Å². The Morgan fingerprint density at radius 3 is 2.41 bits per heavy atom. The first-order chi connectivity index (χ1) is 17.4. The lowest BCUT2D eigenvalue weighted by atomic mass is 9.88. The summed E-state index contributed by atoms with van der Waals surface area (Å²) in [5, 5.41) is 5.64. The van der Waals surface area contributed by atoms with Crippen molar-refractivity contribution in [2.24, 2.45) is 4.99 Å². The van der Waals surface area contributed by atoms with Crippen molar-refractivity contribution in [3.63, 3.8) is 0 Å². The molecule has 2 aromatic rings. The Balaban J connectivity index is 1.23. The van der Waals surface area contributed by atoms with Gasteiger partial charge in [-0.15, -0.1) is 13.2 Å². The van der Waals surface area contributed by atoms with Crippen LogP contribution in [-0.2, 0) is 4.79 Å². The van der Waals surface area contributed by atoms with E-state index < -0.39 is 17.8 Å². The van der Waals surface area contributed by atoms with Crippen LogP contribution in [0.5, 0.6) is 11.5 Å². The van der Waals surface area contributed by atoms with E-state index >= 15 is 0 Å². The number of aliphatic imine (C=N–C) groups is 1. The predicted molar refractivity (Wildman–Crippen MR) is 126 cm³/mol. The normalized spacial score (nSPS) is 16.6. The second-order valence-electron chi connectivity index (χ2n) is 8.35. The lowest BCUT2D eigenvalue weighted by Gasteiger charge is -2.39. The van der Waals surface area contributed by atoms with Crippen LogP contribution in [0.3, 0.4) is 0 Å². The molecule has 16 heteroatoms. The van der Waals surface area contributed by atoms with Crippen LogP contribution < -0.4 is 31.6 Å². The van der Waals surface area contributed by atoms with E-state index in [1.807, 2.05) is 0 Å². The minimum Gasteiger partial charge on any atom is -0.484 e. The number of nitrogens with zero attached hydrogens (tertiary/aromatic N) is 4. The number of nitrogens with two attached hydrogens (primary N) is 2. The average Bonchev–Trinajstić information content (AvgIpc) is 3.21. The average molecular weight is 543 g/mol. The van der Waals surface area contributed by atoms with E-state index in [-0.39, 0.29) is 52.5 Å². The number of anilines is 2. The number of alkyl halides is 3.